The number of H-pyrrole nitrogens is 1. The summed E-state index contributed by atoms with van der Waals surface area (Å²) in [5, 5.41) is 0.590. The minimum atomic E-state index is -0.410. The van der Waals surface area contributed by atoms with Gasteiger partial charge in [-0.25, -0.2) is 4.98 Å². The van der Waals surface area contributed by atoms with Crippen molar-refractivity contribution in [3.05, 3.63) is 58.4 Å². The fourth-order valence-electron chi connectivity index (χ4n) is 3.28. The van der Waals surface area contributed by atoms with E-state index in [2.05, 4.69) is 9.97 Å². The summed E-state index contributed by atoms with van der Waals surface area (Å²) in [6.07, 6.45) is 0. The van der Waals surface area contributed by atoms with E-state index in [1.54, 1.807) is 6.07 Å². The number of nitrogens with one attached hydrogen (secondary N) is 1. The van der Waals surface area contributed by atoms with Gasteiger partial charge in [0.05, 0.1) is 22.1 Å². The molecule has 0 unspecified atom stereocenters. The number of para-hydroxylation sites is 1. The van der Waals surface area contributed by atoms with Crippen molar-refractivity contribution >= 4 is 23.5 Å². The summed E-state index contributed by atoms with van der Waals surface area (Å²) in [6.45, 7) is 10.2. The highest BCUT2D eigenvalue weighted by Gasteiger charge is 2.52. The SMILES string of the molecule is Cc1cc(-c2nc3ccccc3c(=O)[nH]2)ccc1B1OC(C)(C)C(C)(C)O1. The van der Waals surface area contributed by atoms with Crippen LogP contribution in [-0.2, 0) is 9.31 Å². The third-order valence-electron chi connectivity index (χ3n) is 5.66. The van der Waals surface area contributed by atoms with Gasteiger partial charge in [-0.3, -0.25) is 4.79 Å². The molecule has 6 heteroatoms. The Morgan fingerprint density at radius 1 is 1.00 bits per heavy atom. The molecule has 27 heavy (non-hydrogen) atoms. The molecule has 4 rings (SSSR count). The lowest BCUT2D eigenvalue weighted by atomic mass is 9.76. The molecule has 1 fully saturated rings. The first-order chi connectivity index (χ1) is 12.7. The summed E-state index contributed by atoms with van der Waals surface area (Å²) >= 11 is 0. The standard InChI is InChI=1S/C21H23BN2O3/c1-13-12-14(18-23-17-9-7-6-8-15(17)19(25)24-18)10-11-16(13)22-26-20(2,3)21(4,5)27-22/h6-12H,1-5H3,(H,23,24,25). The van der Waals surface area contributed by atoms with Crippen molar-refractivity contribution in [3.8, 4) is 11.4 Å². The molecule has 1 aliphatic rings. The van der Waals surface area contributed by atoms with Crippen molar-refractivity contribution in [1.29, 1.82) is 0 Å². The number of fused-ring (bicyclic) bond motifs is 1. The van der Waals surface area contributed by atoms with E-state index >= 15 is 0 Å². The molecule has 0 spiro atoms. The molecule has 138 valence electrons. The zero-order chi connectivity index (χ0) is 19.4. The molecule has 1 aromatic heterocycles. The van der Waals surface area contributed by atoms with Crippen LogP contribution in [0.15, 0.2) is 47.3 Å². The lowest BCUT2D eigenvalue weighted by Gasteiger charge is -2.32. The maximum Gasteiger partial charge on any atom is 0.495 e. The first kappa shape index (κ1) is 18.0. The van der Waals surface area contributed by atoms with Gasteiger partial charge in [-0.15, -0.1) is 0 Å². The Bertz CT molecular complexity index is 1070. The van der Waals surface area contributed by atoms with Crippen molar-refractivity contribution in [2.45, 2.75) is 45.8 Å². The summed E-state index contributed by atoms with van der Waals surface area (Å²) in [4.78, 5) is 19.8. The molecule has 2 heterocycles. The average molecular weight is 362 g/mol. The van der Waals surface area contributed by atoms with E-state index in [4.69, 9.17) is 9.31 Å². The fourth-order valence-corrected chi connectivity index (χ4v) is 3.28. The van der Waals surface area contributed by atoms with Crippen LogP contribution in [0.1, 0.15) is 33.3 Å². The molecule has 0 amide bonds. The van der Waals surface area contributed by atoms with Gasteiger partial charge in [-0.1, -0.05) is 29.8 Å². The molecule has 0 bridgehead atoms. The number of hydrogen-bond acceptors (Lipinski definition) is 4. The van der Waals surface area contributed by atoms with Crippen LogP contribution in [0.2, 0.25) is 0 Å². The molecular weight excluding hydrogens is 339 g/mol. The quantitative estimate of drug-likeness (QED) is 0.711. The van der Waals surface area contributed by atoms with E-state index in [9.17, 15) is 4.79 Å². The Balaban J connectivity index is 1.72. The van der Waals surface area contributed by atoms with Gasteiger partial charge in [0.25, 0.3) is 5.56 Å². The van der Waals surface area contributed by atoms with Gasteiger partial charge < -0.3 is 14.3 Å². The van der Waals surface area contributed by atoms with Crippen LogP contribution in [0.25, 0.3) is 22.3 Å². The van der Waals surface area contributed by atoms with Crippen LogP contribution in [0.3, 0.4) is 0 Å². The Morgan fingerprint density at radius 2 is 1.67 bits per heavy atom. The molecule has 0 atom stereocenters. The summed E-state index contributed by atoms with van der Waals surface area (Å²) in [5.41, 5.74) is 2.66. The molecule has 0 radical (unpaired) electrons. The average Bonchev–Trinajstić information content (AvgIpc) is 2.82. The van der Waals surface area contributed by atoms with Crippen LogP contribution in [-0.4, -0.2) is 28.3 Å². The predicted octanol–water partition coefficient (Wildman–Crippen LogP) is 3.20. The highest BCUT2D eigenvalue weighted by atomic mass is 16.7. The molecule has 1 saturated heterocycles. The van der Waals surface area contributed by atoms with E-state index in [0.717, 1.165) is 16.6 Å². The number of aryl methyl sites for hydroxylation is 1. The molecule has 0 aliphatic carbocycles. The Hall–Kier alpha value is -2.44. The molecular formula is C21H23BN2O3. The van der Waals surface area contributed by atoms with Crippen LogP contribution in [0.5, 0.6) is 0 Å². The maximum atomic E-state index is 12.3. The van der Waals surface area contributed by atoms with Crippen molar-refractivity contribution in [1.82, 2.24) is 9.97 Å². The van der Waals surface area contributed by atoms with Gasteiger partial charge in [0.1, 0.15) is 5.82 Å². The summed E-state index contributed by atoms with van der Waals surface area (Å²) in [6, 6.07) is 13.3. The lowest BCUT2D eigenvalue weighted by Crippen LogP contribution is -2.41. The van der Waals surface area contributed by atoms with Gasteiger partial charge in [0.15, 0.2) is 0 Å². The third-order valence-corrected chi connectivity index (χ3v) is 5.66. The Morgan fingerprint density at radius 3 is 2.33 bits per heavy atom. The maximum absolute atomic E-state index is 12.3. The van der Waals surface area contributed by atoms with Gasteiger partial charge in [0, 0.05) is 5.56 Å². The monoisotopic (exact) mass is 362 g/mol. The van der Waals surface area contributed by atoms with Crippen LogP contribution < -0.4 is 11.0 Å². The molecule has 0 saturated carbocycles. The van der Waals surface area contributed by atoms with E-state index in [-0.39, 0.29) is 16.8 Å². The normalized spacial score (nSPS) is 18.2. The zero-order valence-corrected chi connectivity index (χ0v) is 16.3. The number of hydrogen-bond donors (Lipinski definition) is 1. The first-order valence-corrected chi connectivity index (χ1v) is 9.14. The van der Waals surface area contributed by atoms with Gasteiger partial charge >= 0.3 is 7.12 Å². The molecule has 2 aromatic carbocycles. The first-order valence-electron chi connectivity index (χ1n) is 9.14. The molecule has 1 aliphatic heterocycles. The van der Waals surface area contributed by atoms with Crippen molar-refractivity contribution < 1.29 is 9.31 Å². The van der Waals surface area contributed by atoms with E-state index in [1.165, 1.54) is 0 Å². The van der Waals surface area contributed by atoms with E-state index < -0.39 is 7.12 Å². The predicted molar refractivity (Wildman–Crippen MR) is 108 cm³/mol. The lowest BCUT2D eigenvalue weighted by molar-refractivity contribution is 0.00578. The van der Waals surface area contributed by atoms with E-state index in [0.29, 0.717) is 16.7 Å². The second-order valence-electron chi connectivity index (χ2n) is 8.09. The van der Waals surface area contributed by atoms with Crippen LogP contribution in [0.4, 0.5) is 0 Å². The third kappa shape index (κ3) is 2.99. The van der Waals surface area contributed by atoms with Gasteiger partial charge in [-0.05, 0) is 58.3 Å². The number of nitrogens with zero attached hydrogens (tertiary/aromatic N) is 1. The summed E-state index contributed by atoms with van der Waals surface area (Å²) in [5.74, 6) is 0.558. The minimum Gasteiger partial charge on any atom is -0.399 e. The van der Waals surface area contributed by atoms with Crippen molar-refractivity contribution in [2.75, 3.05) is 0 Å². The number of benzene rings is 2. The van der Waals surface area contributed by atoms with Gasteiger partial charge in [0.2, 0.25) is 0 Å². The van der Waals surface area contributed by atoms with Crippen molar-refractivity contribution in [3.63, 3.8) is 0 Å². The summed E-state index contributed by atoms with van der Waals surface area (Å²) < 4.78 is 12.3. The second kappa shape index (κ2) is 6.04. The Kier molecular flexibility index (Phi) is 4.02. The van der Waals surface area contributed by atoms with Gasteiger partial charge in [-0.2, -0.15) is 0 Å². The highest BCUT2D eigenvalue weighted by molar-refractivity contribution is 6.62. The zero-order valence-electron chi connectivity index (χ0n) is 16.3. The summed E-state index contributed by atoms with van der Waals surface area (Å²) in [7, 11) is -0.410. The molecule has 5 nitrogen and oxygen atoms in total. The van der Waals surface area contributed by atoms with Crippen LogP contribution in [0, 0.1) is 6.92 Å². The van der Waals surface area contributed by atoms with E-state index in [1.807, 2.05) is 71.0 Å². The molecule has 1 N–H and O–H groups in total. The number of rotatable bonds is 2. The van der Waals surface area contributed by atoms with Crippen LogP contribution >= 0.6 is 0 Å². The fraction of sp³-hybridized carbons (Fsp3) is 0.333. The Labute approximate surface area is 158 Å². The number of aromatic amines is 1. The number of aromatic nitrogens is 2. The molecule has 3 aromatic rings. The minimum absolute atomic E-state index is 0.136. The smallest absolute Gasteiger partial charge is 0.399 e. The van der Waals surface area contributed by atoms with Crippen molar-refractivity contribution in [2.24, 2.45) is 0 Å². The largest absolute Gasteiger partial charge is 0.495 e. The second-order valence-corrected chi connectivity index (χ2v) is 8.09. The topological polar surface area (TPSA) is 64.2 Å². The highest BCUT2D eigenvalue weighted by Crippen LogP contribution is 2.36.